The fourth-order valence-corrected chi connectivity index (χ4v) is 7.83. The number of aromatic nitrogens is 2. The zero-order valence-electron chi connectivity index (χ0n) is 29.8. The molecule has 54 heavy (non-hydrogen) atoms. The van der Waals surface area contributed by atoms with E-state index in [1.165, 1.54) is 10.8 Å². The number of hydrogen-bond donors (Lipinski definition) is 2. The van der Waals surface area contributed by atoms with Gasteiger partial charge in [0.25, 0.3) is 5.56 Å². The number of aliphatic hydroxyl groups excluding tert-OH is 1. The summed E-state index contributed by atoms with van der Waals surface area (Å²) in [6, 6.07) is 37.1. The number of aromatic amines is 1. The van der Waals surface area contributed by atoms with Gasteiger partial charge in [-0.3, -0.25) is 14.3 Å². The monoisotopic (exact) mass is 718 g/mol. The molecule has 2 heterocycles. The smallest absolute Gasteiger partial charge is 0.330 e. The maximum atomic E-state index is 13.5. The molecule has 1 saturated heterocycles. The quantitative estimate of drug-likeness (QED) is 0.124. The number of hydrogen-bond acceptors (Lipinski definition) is 7. The highest BCUT2D eigenvalue weighted by atomic mass is 16.6. The van der Waals surface area contributed by atoms with Crippen molar-refractivity contribution >= 4 is 0 Å². The predicted octanol–water partition coefficient (Wildman–Crippen LogP) is 6.43. The van der Waals surface area contributed by atoms with Crippen molar-refractivity contribution in [1.82, 2.24) is 9.55 Å². The first-order valence-electron chi connectivity index (χ1n) is 17.7. The van der Waals surface area contributed by atoms with E-state index in [2.05, 4.69) is 23.0 Å². The third kappa shape index (κ3) is 6.00. The summed E-state index contributed by atoms with van der Waals surface area (Å²) in [5, 5.41) is 11.5. The van der Waals surface area contributed by atoms with Crippen LogP contribution in [-0.4, -0.2) is 47.7 Å². The van der Waals surface area contributed by atoms with Crippen molar-refractivity contribution in [3.8, 4) is 46.1 Å². The van der Waals surface area contributed by atoms with Gasteiger partial charge in [-0.25, -0.2) is 4.79 Å². The molecular weight excluding hydrogens is 681 g/mol. The largest absolute Gasteiger partial charge is 0.497 e. The first-order valence-corrected chi connectivity index (χ1v) is 17.7. The van der Waals surface area contributed by atoms with Crippen molar-refractivity contribution in [3.05, 3.63) is 176 Å². The summed E-state index contributed by atoms with van der Waals surface area (Å²) in [7, 11) is 3.23. The second-order valence-electron chi connectivity index (χ2n) is 13.4. The van der Waals surface area contributed by atoms with E-state index in [1.807, 2.05) is 103 Å². The van der Waals surface area contributed by atoms with E-state index in [-0.39, 0.29) is 18.6 Å². The van der Waals surface area contributed by atoms with Crippen LogP contribution in [0.5, 0.6) is 11.5 Å². The minimum absolute atomic E-state index is 0.0404. The molecule has 8 rings (SSSR count). The third-order valence-electron chi connectivity index (χ3n) is 10.5. The minimum atomic E-state index is -1.14. The Bertz CT molecular complexity index is 2430. The van der Waals surface area contributed by atoms with Gasteiger partial charge in [-0.05, 0) is 75.7 Å². The van der Waals surface area contributed by atoms with E-state index >= 15 is 0 Å². The van der Waals surface area contributed by atoms with Gasteiger partial charge in [0, 0.05) is 23.7 Å². The highest BCUT2D eigenvalue weighted by Crippen LogP contribution is 2.44. The molecule has 0 saturated carbocycles. The van der Waals surface area contributed by atoms with Crippen molar-refractivity contribution in [3.63, 3.8) is 0 Å². The molecule has 5 aromatic carbocycles. The fraction of sp³-hybridized carbons (Fsp3) is 0.200. The molecule has 1 aromatic heterocycles. The summed E-state index contributed by atoms with van der Waals surface area (Å²) >= 11 is 0. The fourth-order valence-electron chi connectivity index (χ4n) is 7.83. The molecule has 0 amide bonds. The Balaban J connectivity index is 1.15. The van der Waals surface area contributed by atoms with Crippen LogP contribution in [0.3, 0.4) is 0 Å². The van der Waals surface area contributed by atoms with Crippen LogP contribution in [0.25, 0.3) is 22.3 Å². The third-order valence-corrected chi connectivity index (χ3v) is 10.5. The summed E-state index contributed by atoms with van der Waals surface area (Å²) in [5.74, 6) is 4.12. The van der Waals surface area contributed by atoms with Gasteiger partial charge in [-0.2, -0.15) is 0 Å². The van der Waals surface area contributed by atoms with E-state index in [4.69, 9.17) is 25.4 Å². The van der Waals surface area contributed by atoms with Gasteiger partial charge in [0.2, 0.25) is 0 Å². The Labute approximate surface area is 312 Å². The Morgan fingerprint density at radius 3 is 2.09 bits per heavy atom. The molecule has 1 aliphatic carbocycles. The number of aliphatic hydroxyl groups is 1. The van der Waals surface area contributed by atoms with Gasteiger partial charge in [0.1, 0.15) is 29.4 Å². The molecule has 9 nitrogen and oxygen atoms in total. The minimum Gasteiger partial charge on any atom is -0.497 e. The molecule has 0 radical (unpaired) electrons. The van der Waals surface area contributed by atoms with Crippen molar-refractivity contribution in [2.24, 2.45) is 0 Å². The summed E-state index contributed by atoms with van der Waals surface area (Å²) in [6.45, 7) is -0.0404. The number of terminal acetylenes is 1. The van der Waals surface area contributed by atoms with Crippen molar-refractivity contribution < 1.29 is 24.1 Å². The van der Waals surface area contributed by atoms with Crippen molar-refractivity contribution in [2.45, 2.75) is 36.9 Å². The van der Waals surface area contributed by atoms with Crippen LogP contribution in [0.4, 0.5) is 0 Å². The summed E-state index contributed by atoms with van der Waals surface area (Å²) in [5.41, 5.74) is 5.71. The summed E-state index contributed by atoms with van der Waals surface area (Å²) in [6.07, 6.45) is 5.45. The molecule has 0 bridgehead atoms. The van der Waals surface area contributed by atoms with Crippen LogP contribution in [0.15, 0.2) is 131 Å². The van der Waals surface area contributed by atoms with Crippen LogP contribution in [0.2, 0.25) is 0 Å². The van der Waals surface area contributed by atoms with Gasteiger partial charge >= 0.3 is 5.69 Å². The number of methoxy groups -OCH3 is 2. The Hall–Kier alpha value is -6.18. The lowest BCUT2D eigenvalue weighted by atomic mass is 9.80. The Morgan fingerprint density at radius 1 is 0.815 bits per heavy atom. The maximum absolute atomic E-state index is 13.5. The highest BCUT2D eigenvalue weighted by molar-refractivity contribution is 5.87. The molecule has 0 unspecified atom stereocenters. The Morgan fingerprint density at radius 2 is 1.44 bits per heavy atom. The van der Waals surface area contributed by atoms with Crippen LogP contribution >= 0.6 is 0 Å². The molecule has 1 aliphatic heterocycles. The zero-order valence-corrected chi connectivity index (χ0v) is 29.8. The number of rotatable bonds is 10. The number of fused-ring (bicyclic) bond motifs is 3. The maximum Gasteiger partial charge on any atom is 0.330 e. The normalized spacial score (nSPS) is 17.4. The number of nitrogens with zero attached hydrogens (tertiary/aromatic N) is 1. The Kier molecular flexibility index (Phi) is 9.26. The predicted molar refractivity (Wildman–Crippen MR) is 206 cm³/mol. The van der Waals surface area contributed by atoms with E-state index in [0.717, 1.165) is 38.9 Å². The van der Waals surface area contributed by atoms with Crippen LogP contribution in [0, 0.1) is 12.3 Å². The first kappa shape index (κ1) is 34.9. The van der Waals surface area contributed by atoms with E-state index in [9.17, 15) is 14.7 Å². The second-order valence-corrected chi connectivity index (χ2v) is 13.4. The van der Waals surface area contributed by atoms with Gasteiger partial charge in [-0.15, -0.1) is 6.42 Å². The molecule has 0 spiro atoms. The topological polar surface area (TPSA) is 112 Å². The molecule has 2 N–H and O–H groups in total. The standard InChI is InChI=1S/C45H38N2O7/c1-4-28-14-23-36-35-13-9-8-10-29(35)24-37(36)42(28)38-26-47(44(50)46-43(38)49)41-25-39(48)40(54-41)27-53-45(30-11-6-5-7-12-30,31-15-19-33(51-2)20-16-31)32-17-21-34(52-3)22-18-32/h1,5-23,26,39-41,48H,24-25,27H2,2-3H3,(H,46,49,50)/t39-,40+,41+/m0/s1. The molecule has 270 valence electrons. The lowest BCUT2D eigenvalue weighted by molar-refractivity contribution is -0.0944. The number of H-pyrrole nitrogens is 1. The number of benzene rings is 5. The average Bonchev–Trinajstić information content (AvgIpc) is 3.78. The SMILES string of the molecule is C#Cc1ccc2c(c1-c1cn([C@H]3C[C@H](O)[C@@H](COC(c4ccccc4)(c4ccc(OC)cc4)c4ccc(OC)cc4)O3)c(=O)[nH]c1=O)Cc1ccccc1-2. The van der Waals surface area contributed by atoms with Gasteiger partial charge in [0.15, 0.2) is 0 Å². The van der Waals surface area contributed by atoms with Crippen molar-refractivity contribution in [1.29, 1.82) is 0 Å². The lowest BCUT2D eigenvalue weighted by Gasteiger charge is -2.37. The molecule has 9 heteroatoms. The summed E-state index contributed by atoms with van der Waals surface area (Å²) < 4.78 is 25.7. The van der Waals surface area contributed by atoms with Crippen LogP contribution in [-0.2, 0) is 21.5 Å². The highest BCUT2D eigenvalue weighted by Gasteiger charge is 2.42. The number of nitrogens with one attached hydrogen (secondary N) is 1. The molecule has 6 aromatic rings. The average molecular weight is 719 g/mol. The zero-order chi connectivity index (χ0) is 37.4. The lowest BCUT2D eigenvalue weighted by Crippen LogP contribution is -2.38. The molecule has 1 fully saturated rings. The summed E-state index contributed by atoms with van der Waals surface area (Å²) in [4.78, 5) is 29.4. The van der Waals surface area contributed by atoms with E-state index in [1.54, 1.807) is 14.2 Å². The second kappa shape index (κ2) is 14.3. The van der Waals surface area contributed by atoms with Gasteiger partial charge in [0.05, 0.1) is 32.5 Å². The first-order chi connectivity index (χ1) is 26.3. The molecular formula is C45H38N2O7. The molecule has 3 atom stereocenters. The van der Waals surface area contributed by atoms with Gasteiger partial charge in [-0.1, -0.05) is 90.8 Å². The van der Waals surface area contributed by atoms with Crippen molar-refractivity contribution in [2.75, 3.05) is 20.8 Å². The van der Waals surface area contributed by atoms with Crippen LogP contribution in [0.1, 0.15) is 46.0 Å². The molecule has 2 aliphatic rings. The van der Waals surface area contributed by atoms with E-state index < -0.39 is 35.3 Å². The van der Waals surface area contributed by atoms with E-state index in [0.29, 0.717) is 29.0 Å². The number of ether oxygens (including phenoxy) is 4. The van der Waals surface area contributed by atoms with Gasteiger partial charge < -0.3 is 24.1 Å². The van der Waals surface area contributed by atoms with Crippen LogP contribution < -0.4 is 20.7 Å².